The second-order valence-corrected chi connectivity index (χ2v) is 6.41. The van der Waals surface area contributed by atoms with E-state index in [0.717, 1.165) is 5.56 Å². The number of rotatable bonds is 5. The summed E-state index contributed by atoms with van der Waals surface area (Å²) in [6.45, 7) is 7.22. The monoisotopic (exact) mass is 370 g/mol. The van der Waals surface area contributed by atoms with E-state index in [2.05, 4.69) is 15.6 Å². The lowest BCUT2D eigenvalue weighted by atomic mass is 10.1. The number of nitrogens with one attached hydrogen (secondary N) is 1. The molecule has 1 N–H and O–H groups in total. The summed E-state index contributed by atoms with van der Waals surface area (Å²) in [7, 11) is 1.54. The minimum absolute atomic E-state index is 0.180. The lowest BCUT2D eigenvalue weighted by Gasteiger charge is -2.18. The molecule has 8 heteroatoms. The van der Waals surface area contributed by atoms with Crippen LogP contribution < -0.4 is 15.6 Å². The van der Waals surface area contributed by atoms with Gasteiger partial charge in [-0.05, 0) is 44.9 Å². The Labute approximate surface area is 156 Å². The molecule has 0 saturated heterocycles. The summed E-state index contributed by atoms with van der Waals surface area (Å²) in [4.78, 5) is 25.7. The Hall–Kier alpha value is -3.16. The average Bonchev–Trinajstić information content (AvgIpc) is 3.02. The molecule has 8 nitrogen and oxygen atoms in total. The lowest BCUT2D eigenvalue weighted by Crippen LogP contribution is -2.35. The van der Waals surface area contributed by atoms with Gasteiger partial charge in [0.25, 0.3) is 5.56 Å². The molecule has 0 aliphatic carbocycles. The summed E-state index contributed by atoms with van der Waals surface area (Å²) in [6.07, 6.45) is 0.384. The third-order valence-electron chi connectivity index (χ3n) is 4.49. The summed E-state index contributed by atoms with van der Waals surface area (Å²) in [5.74, 6) is 0.721. The van der Waals surface area contributed by atoms with Gasteiger partial charge in [-0.3, -0.25) is 9.59 Å². The van der Waals surface area contributed by atoms with Crippen LogP contribution in [0.5, 0.6) is 5.75 Å². The second-order valence-electron chi connectivity index (χ2n) is 6.41. The van der Waals surface area contributed by atoms with E-state index in [1.807, 2.05) is 26.0 Å². The van der Waals surface area contributed by atoms with Crippen molar-refractivity contribution in [3.05, 3.63) is 45.6 Å². The molecule has 0 aliphatic heterocycles. The molecule has 1 unspecified atom stereocenters. The van der Waals surface area contributed by atoms with Gasteiger partial charge in [-0.1, -0.05) is 18.1 Å². The number of carbonyl (C=O) groups excluding carboxylic acids is 1. The number of anilines is 1. The number of hydrogen-bond acceptors (Lipinski definition) is 6. The first-order valence-electron chi connectivity index (χ1n) is 8.68. The summed E-state index contributed by atoms with van der Waals surface area (Å²) in [5, 5.41) is 11.6. The molecule has 142 valence electrons. The van der Waals surface area contributed by atoms with Crippen LogP contribution >= 0.6 is 0 Å². The van der Waals surface area contributed by atoms with Gasteiger partial charge >= 0.3 is 0 Å². The third-order valence-corrected chi connectivity index (χ3v) is 4.49. The minimum Gasteiger partial charge on any atom is -0.495 e. The van der Waals surface area contributed by atoms with E-state index in [1.165, 1.54) is 11.8 Å². The second kappa shape index (κ2) is 7.22. The van der Waals surface area contributed by atoms with E-state index in [-0.39, 0.29) is 11.4 Å². The predicted molar refractivity (Wildman–Crippen MR) is 101 cm³/mol. The van der Waals surface area contributed by atoms with E-state index < -0.39 is 11.6 Å². The summed E-state index contributed by atoms with van der Waals surface area (Å²) < 4.78 is 11.6. The zero-order valence-electron chi connectivity index (χ0n) is 16.0. The van der Waals surface area contributed by atoms with Gasteiger partial charge in [-0.2, -0.15) is 5.10 Å². The molecule has 1 amide bonds. The lowest BCUT2D eigenvalue weighted by molar-refractivity contribution is -0.119. The topological polar surface area (TPSA) is 99.2 Å². The first kappa shape index (κ1) is 18.6. The maximum atomic E-state index is 12.9. The van der Waals surface area contributed by atoms with Crippen molar-refractivity contribution in [2.24, 2.45) is 0 Å². The number of methoxy groups -OCH3 is 1. The van der Waals surface area contributed by atoms with Crippen LogP contribution in [0.1, 0.15) is 36.4 Å². The molecule has 27 heavy (non-hydrogen) atoms. The van der Waals surface area contributed by atoms with E-state index in [0.29, 0.717) is 34.7 Å². The van der Waals surface area contributed by atoms with E-state index >= 15 is 0 Å². The maximum Gasteiger partial charge on any atom is 0.297 e. The number of hydrogen-bond donors (Lipinski definition) is 1. The normalized spacial score (nSPS) is 12.2. The molecule has 3 rings (SSSR count). The van der Waals surface area contributed by atoms with Crippen LogP contribution in [0, 0.1) is 20.8 Å². The number of amides is 1. The van der Waals surface area contributed by atoms with Crippen LogP contribution in [0.3, 0.4) is 0 Å². The van der Waals surface area contributed by atoms with Gasteiger partial charge in [0.2, 0.25) is 5.91 Å². The van der Waals surface area contributed by atoms with E-state index in [1.54, 1.807) is 19.9 Å². The fourth-order valence-corrected chi connectivity index (χ4v) is 3.13. The molecule has 0 saturated carbocycles. The molecule has 1 atom stereocenters. The minimum atomic E-state index is -0.789. The molecular weight excluding hydrogens is 348 g/mol. The van der Waals surface area contributed by atoms with Gasteiger partial charge in [0, 0.05) is 0 Å². The SMILES string of the molecule is CCC(C(=O)Nc1cc(C)ccc1OC)n1nc(C)c2c(C)onc2c1=O. The highest BCUT2D eigenvalue weighted by molar-refractivity contribution is 5.95. The first-order chi connectivity index (χ1) is 12.9. The number of benzene rings is 1. The maximum absolute atomic E-state index is 12.9. The molecule has 0 spiro atoms. The summed E-state index contributed by atoms with van der Waals surface area (Å²) in [5.41, 5.74) is 1.83. The molecule has 0 bridgehead atoms. The Morgan fingerprint density at radius 1 is 1.33 bits per heavy atom. The Kier molecular flexibility index (Phi) is 4.98. The number of nitrogens with zero attached hydrogens (tertiary/aromatic N) is 3. The zero-order valence-corrected chi connectivity index (χ0v) is 16.0. The molecule has 3 aromatic rings. The van der Waals surface area contributed by atoms with Crippen LogP contribution in [-0.2, 0) is 4.79 Å². The van der Waals surface area contributed by atoms with Crippen molar-refractivity contribution < 1.29 is 14.1 Å². The van der Waals surface area contributed by atoms with Crippen molar-refractivity contribution in [3.8, 4) is 5.75 Å². The Morgan fingerprint density at radius 2 is 2.07 bits per heavy atom. The molecule has 0 radical (unpaired) electrons. The van der Waals surface area contributed by atoms with Gasteiger partial charge in [0.15, 0.2) is 5.52 Å². The highest BCUT2D eigenvalue weighted by atomic mass is 16.5. The van der Waals surface area contributed by atoms with E-state index in [9.17, 15) is 9.59 Å². The van der Waals surface area contributed by atoms with Crippen LogP contribution in [0.2, 0.25) is 0 Å². The standard InChI is InChI=1S/C19H22N4O4/c1-6-14(18(24)20-13-9-10(2)7-8-15(13)26-5)23-19(25)17-16(11(3)21-23)12(4)27-22-17/h7-9,14H,6H2,1-5H3,(H,20,24). The van der Waals surface area contributed by atoms with E-state index in [4.69, 9.17) is 9.26 Å². The van der Waals surface area contributed by atoms with Crippen molar-refractivity contribution in [3.63, 3.8) is 0 Å². The Morgan fingerprint density at radius 3 is 2.74 bits per heavy atom. The smallest absolute Gasteiger partial charge is 0.297 e. The van der Waals surface area contributed by atoms with Crippen LogP contribution in [0.15, 0.2) is 27.5 Å². The number of carbonyl (C=O) groups is 1. The molecule has 1 aromatic carbocycles. The van der Waals surface area contributed by atoms with Crippen LogP contribution in [0.4, 0.5) is 5.69 Å². The first-order valence-corrected chi connectivity index (χ1v) is 8.68. The zero-order chi connectivity index (χ0) is 19.7. The van der Waals surface area contributed by atoms with Crippen molar-refractivity contribution in [1.29, 1.82) is 0 Å². The van der Waals surface area contributed by atoms with Gasteiger partial charge < -0.3 is 14.6 Å². The quantitative estimate of drug-likeness (QED) is 0.741. The average molecular weight is 370 g/mol. The van der Waals surface area contributed by atoms with Crippen LogP contribution in [-0.4, -0.2) is 28.0 Å². The number of aryl methyl sites for hydroxylation is 3. The fraction of sp³-hybridized carbons (Fsp3) is 0.368. The Balaban J connectivity index is 2.02. The highest BCUT2D eigenvalue weighted by Gasteiger charge is 2.25. The predicted octanol–water partition coefficient (Wildman–Crippen LogP) is 2.91. The summed E-state index contributed by atoms with van der Waals surface area (Å²) >= 11 is 0. The molecule has 0 aliphatic rings. The number of fused-ring (bicyclic) bond motifs is 1. The van der Waals surface area contributed by atoms with Gasteiger partial charge in [0.05, 0.1) is 23.9 Å². The largest absolute Gasteiger partial charge is 0.495 e. The highest BCUT2D eigenvalue weighted by Crippen LogP contribution is 2.26. The molecular formula is C19H22N4O4. The Bertz CT molecular complexity index is 1070. The van der Waals surface area contributed by atoms with Crippen molar-refractivity contribution >= 4 is 22.5 Å². The molecule has 2 heterocycles. The van der Waals surface area contributed by atoms with Crippen molar-refractivity contribution in [2.75, 3.05) is 12.4 Å². The third kappa shape index (κ3) is 3.30. The van der Waals surface area contributed by atoms with Gasteiger partial charge in [0.1, 0.15) is 17.6 Å². The molecule has 2 aromatic heterocycles. The number of aromatic nitrogens is 3. The summed E-state index contributed by atoms with van der Waals surface area (Å²) in [6, 6.07) is 4.70. The van der Waals surface area contributed by atoms with Crippen LogP contribution in [0.25, 0.3) is 10.9 Å². The van der Waals surface area contributed by atoms with Crippen molar-refractivity contribution in [2.45, 2.75) is 40.2 Å². The number of ether oxygens (including phenoxy) is 1. The van der Waals surface area contributed by atoms with Crippen molar-refractivity contribution in [1.82, 2.24) is 14.9 Å². The molecule has 0 fully saturated rings. The van der Waals surface area contributed by atoms with Gasteiger partial charge in [-0.15, -0.1) is 0 Å². The van der Waals surface area contributed by atoms with Gasteiger partial charge in [-0.25, -0.2) is 4.68 Å². The fourth-order valence-electron chi connectivity index (χ4n) is 3.13.